The first-order chi connectivity index (χ1) is 13.3. The summed E-state index contributed by atoms with van der Waals surface area (Å²) < 4.78 is 13.0. The summed E-state index contributed by atoms with van der Waals surface area (Å²) in [6.07, 6.45) is 2.26. The van der Waals surface area contributed by atoms with Crippen molar-refractivity contribution >= 4 is 28.9 Å². The molecule has 2 aromatic rings. The minimum absolute atomic E-state index is 0.229. The number of benzene rings is 1. The molecular weight excluding hydrogens is 354 g/mol. The van der Waals surface area contributed by atoms with Crippen LogP contribution in [0.4, 0.5) is 0 Å². The molecule has 5 nitrogen and oxygen atoms in total. The predicted octanol–water partition coefficient (Wildman–Crippen LogP) is 4.13. The summed E-state index contributed by atoms with van der Waals surface area (Å²) in [5, 5.41) is 1.07. The molecule has 150 valence electrons. The second-order valence-electron chi connectivity index (χ2n) is 8.31. The number of fused-ring (bicyclic) bond motifs is 3. The molecule has 0 saturated carbocycles. The third-order valence-corrected chi connectivity index (χ3v) is 4.97. The quantitative estimate of drug-likeness (QED) is 0.704. The van der Waals surface area contributed by atoms with Crippen LogP contribution in [-0.4, -0.2) is 29.7 Å². The number of carbonyl (C=O) groups excluding carboxylic acids is 2. The fraction of sp³-hybridized carbons (Fsp3) is 0.478. The van der Waals surface area contributed by atoms with E-state index in [1.165, 1.54) is 0 Å². The number of para-hydroxylation sites is 1. The Morgan fingerprint density at radius 1 is 1.07 bits per heavy atom. The zero-order valence-electron chi connectivity index (χ0n) is 17.3. The molecule has 0 N–H and O–H groups in total. The largest absolute Gasteiger partial charge is 0.465 e. The number of ether oxygens (including phenoxy) is 2. The first-order valence-corrected chi connectivity index (χ1v) is 9.91. The molecule has 1 heterocycles. The second-order valence-corrected chi connectivity index (χ2v) is 8.31. The van der Waals surface area contributed by atoms with Crippen LogP contribution < -0.4 is 0 Å². The maximum Gasteiger partial charge on any atom is 0.334 e. The van der Waals surface area contributed by atoms with E-state index in [1.807, 2.05) is 65.1 Å². The summed E-state index contributed by atoms with van der Waals surface area (Å²) >= 11 is 0. The highest BCUT2D eigenvalue weighted by atomic mass is 16.5. The van der Waals surface area contributed by atoms with Gasteiger partial charge in [-0.2, -0.15) is 0 Å². The molecule has 0 spiro atoms. The van der Waals surface area contributed by atoms with Gasteiger partial charge < -0.3 is 14.0 Å². The number of aryl methyl sites for hydroxylation is 1. The Labute approximate surface area is 166 Å². The molecule has 28 heavy (non-hydrogen) atoms. The van der Waals surface area contributed by atoms with E-state index in [1.54, 1.807) is 0 Å². The minimum Gasteiger partial charge on any atom is -0.465 e. The van der Waals surface area contributed by atoms with E-state index >= 15 is 0 Å². The number of carbonyl (C=O) groups is 2. The third-order valence-electron chi connectivity index (χ3n) is 4.97. The molecule has 1 atom stereocenters. The van der Waals surface area contributed by atoms with Crippen LogP contribution in [0.25, 0.3) is 17.0 Å². The summed E-state index contributed by atoms with van der Waals surface area (Å²) in [6, 6.07) is 8.06. The van der Waals surface area contributed by atoms with Crippen molar-refractivity contribution in [2.24, 2.45) is 24.8 Å². The number of hydrogen-bond acceptors (Lipinski definition) is 4. The van der Waals surface area contributed by atoms with Crippen LogP contribution in [0.5, 0.6) is 0 Å². The van der Waals surface area contributed by atoms with Crippen LogP contribution >= 0.6 is 0 Å². The van der Waals surface area contributed by atoms with Gasteiger partial charge in [0.05, 0.1) is 24.7 Å². The lowest BCUT2D eigenvalue weighted by Gasteiger charge is -2.24. The maximum absolute atomic E-state index is 12.8. The van der Waals surface area contributed by atoms with E-state index in [9.17, 15) is 9.59 Å². The van der Waals surface area contributed by atoms with E-state index in [-0.39, 0.29) is 17.8 Å². The molecule has 0 saturated heterocycles. The molecular formula is C23H29NO4. The van der Waals surface area contributed by atoms with Crippen molar-refractivity contribution in [1.29, 1.82) is 0 Å². The number of aromatic nitrogens is 1. The van der Waals surface area contributed by atoms with Crippen molar-refractivity contribution in [3.63, 3.8) is 0 Å². The van der Waals surface area contributed by atoms with E-state index in [4.69, 9.17) is 9.47 Å². The van der Waals surface area contributed by atoms with Crippen LogP contribution in [0.1, 0.15) is 39.0 Å². The molecule has 0 fully saturated rings. The predicted molar refractivity (Wildman–Crippen MR) is 110 cm³/mol. The van der Waals surface area contributed by atoms with Crippen LogP contribution in [0.3, 0.4) is 0 Å². The Morgan fingerprint density at radius 2 is 1.71 bits per heavy atom. The number of esters is 2. The van der Waals surface area contributed by atoms with Gasteiger partial charge in [0, 0.05) is 35.6 Å². The Morgan fingerprint density at radius 3 is 2.39 bits per heavy atom. The van der Waals surface area contributed by atoms with Gasteiger partial charge in [0.2, 0.25) is 0 Å². The summed E-state index contributed by atoms with van der Waals surface area (Å²) in [6.45, 7) is 8.62. The number of nitrogens with zero attached hydrogens (tertiary/aromatic N) is 1. The van der Waals surface area contributed by atoms with Crippen LogP contribution in [0.15, 0.2) is 29.8 Å². The molecule has 1 aliphatic rings. The molecule has 1 aromatic carbocycles. The Hall–Kier alpha value is -2.56. The van der Waals surface area contributed by atoms with Gasteiger partial charge in [-0.15, -0.1) is 0 Å². The first kappa shape index (κ1) is 20.2. The van der Waals surface area contributed by atoms with Crippen LogP contribution in [0.2, 0.25) is 0 Å². The first-order valence-electron chi connectivity index (χ1n) is 9.91. The third kappa shape index (κ3) is 3.98. The van der Waals surface area contributed by atoms with Crippen molar-refractivity contribution in [1.82, 2.24) is 4.57 Å². The summed E-state index contributed by atoms with van der Waals surface area (Å²) in [4.78, 5) is 25.6. The average Bonchev–Trinajstić information content (AvgIpc) is 2.95. The van der Waals surface area contributed by atoms with Gasteiger partial charge in [0.15, 0.2) is 0 Å². The van der Waals surface area contributed by atoms with Crippen LogP contribution in [-0.2, 0) is 32.5 Å². The highest BCUT2D eigenvalue weighted by Gasteiger charge is 2.36. The summed E-state index contributed by atoms with van der Waals surface area (Å²) in [5.41, 5.74) is 3.49. The van der Waals surface area contributed by atoms with Gasteiger partial charge in [-0.3, -0.25) is 4.79 Å². The highest BCUT2D eigenvalue weighted by Crippen LogP contribution is 2.36. The van der Waals surface area contributed by atoms with Crippen molar-refractivity contribution in [2.45, 2.75) is 34.1 Å². The smallest absolute Gasteiger partial charge is 0.334 e. The zero-order valence-corrected chi connectivity index (χ0v) is 17.3. The number of rotatable bonds is 6. The van der Waals surface area contributed by atoms with Gasteiger partial charge >= 0.3 is 11.9 Å². The summed E-state index contributed by atoms with van der Waals surface area (Å²) in [7, 11) is 1.99. The molecule has 1 unspecified atom stereocenters. The van der Waals surface area contributed by atoms with Gasteiger partial charge in [0.25, 0.3) is 0 Å². The lowest BCUT2D eigenvalue weighted by atomic mass is 9.86. The van der Waals surface area contributed by atoms with Crippen molar-refractivity contribution < 1.29 is 19.1 Å². The minimum atomic E-state index is -0.645. The van der Waals surface area contributed by atoms with Crippen molar-refractivity contribution in [3.05, 3.63) is 41.1 Å². The maximum atomic E-state index is 12.8. The molecule has 0 amide bonds. The molecule has 5 heteroatoms. The van der Waals surface area contributed by atoms with E-state index in [2.05, 4.69) is 4.57 Å². The van der Waals surface area contributed by atoms with Gasteiger partial charge in [-0.1, -0.05) is 45.9 Å². The van der Waals surface area contributed by atoms with E-state index < -0.39 is 11.9 Å². The lowest BCUT2D eigenvalue weighted by Crippen LogP contribution is -2.31. The average molecular weight is 383 g/mol. The molecule has 0 radical (unpaired) electrons. The number of hydrogen-bond donors (Lipinski definition) is 0. The standard InChI is InChI=1S/C23H29NO4/c1-14(2)12-27-22(25)18-10-17-16-8-6-7-9-20(16)24(5)21(17)11-19(18)23(26)28-13-15(3)4/h6-10,14-15,19H,11-13H2,1-5H3. The highest BCUT2D eigenvalue weighted by molar-refractivity contribution is 6.04. The topological polar surface area (TPSA) is 57.5 Å². The fourth-order valence-electron chi connectivity index (χ4n) is 3.53. The normalized spacial score (nSPS) is 16.2. The molecule has 1 aromatic heterocycles. The van der Waals surface area contributed by atoms with Crippen LogP contribution in [0, 0.1) is 17.8 Å². The Bertz CT molecular complexity index is 920. The molecule has 0 bridgehead atoms. The lowest BCUT2D eigenvalue weighted by molar-refractivity contribution is -0.151. The van der Waals surface area contributed by atoms with E-state index in [0.29, 0.717) is 25.2 Å². The fourth-order valence-corrected chi connectivity index (χ4v) is 3.53. The Kier molecular flexibility index (Phi) is 5.92. The summed E-state index contributed by atoms with van der Waals surface area (Å²) in [5.74, 6) is -0.973. The SMILES string of the molecule is CC(C)COC(=O)C1=Cc2c(n(C)c3ccccc23)CC1C(=O)OCC(C)C. The zero-order chi connectivity index (χ0) is 20.4. The Balaban J connectivity index is 2.01. The van der Waals surface area contributed by atoms with Crippen molar-refractivity contribution in [2.75, 3.05) is 13.2 Å². The molecule has 0 aliphatic heterocycles. The molecule has 3 rings (SSSR count). The molecule has 1 aliphatic carbocycles. The van der Waals surface area contributed by atoms with E-state index in [0.717, 1.165) is 22.2 Å². The van der Waals surface area contributed by atoms with Crippen molar-refractivity contribution in [3.8, 4) is 0 Å². The monoisotopic (exact) mass is 383 g/mol. The second kappa shape index (κ2) is 8.21. The van der Waals surface area contributed by atoms with Gasteiger partial charge in [-0.05, 0) is 24.0 Å². The van der Waals surface area contributed by atoms with Gasteiger partial charge in [0.1, 0.15) is 0 Å². The van der Waals surface area contributed by atoms with Gasteiger partial charge in [-0.25, -0.2) is 4.79 Å².